The minimum Gasteiger partial charge on any atom is -0.461 e. The van der Waals surface area contributed by atoms with Gasteiger partial charge < -0.3 is 19.3 Å². The van der Waals surface area contributed by atoms with Crippen LogP contribution in [0, 0.1) is 0 Å². The van der Waals surface area contributed by atoms with Gasteiger partial charge in [0.2, 0.25) is 11.6 Å². The van der Waals surface area contributed by atoms with E-state index in [0.717, 1.165) is 16.7 Å². The highest BCUT2D eigenvalue weighted by molar-refractivity contribution is 6.11. The smallest absolute Gasteiger partial charge is 0.359 e. The maximum Gasteiger partial charge on any atom is 0.359 e. The van der Waals surface area contributed by atoms with E-state index in [2.05, 4.69) is 10.2 Å². The van der Waals surface area contributed by atoms with E-state index in [1.807, 2.05) is 71.2 Å². The van der Waals surface area contributed by atoms with Gasteiger partial charge in [-0.1, -0.05) is 0 Å². The number of allylic oxidation sites excluding steroid dienone is 2. The normalized spacial score (nSPS) is 16.0. The molecule has 2 aromatic heterocycles. The molecule has 0 saturated carbocycles. The Morgan fingerprint density at radius 2 is 1.21 bits per heavy atom. The number of carbonyl (C=O) groups excluding carboxylic acids is 4. The van der Waals surface area contributed by atoms with Crippen molar-refractivity contribution >= 4 is 23.5 Å². The Bertz CT molecular complexity index is 1440. The van der Waals surface area contributed by atoms with Gasteiger partial charge in [-0.15, -0.1) is 0 Å². The number of esters is 2. The average Bonchev–Trinajstić information content (AvgIpc) is 3.52. The van der Waals surface area contributed by atoms with E-state index < -0.39 is 11.9 Å². The molecule has 12 heteroatoms. The quantitative estimate of drug-likeness (QED) is 0.327. The molecule has 12 nitrogen and oxygen atoms in total. The van der Waals surface area contributed by atoms with E-state index in [-0.39, 0.29) is 29.0 Å². The van der Waals surface area contributed by atoms with Crippen LogP contribution >= 0.6 is 0 Å². The van der Waals surface area contributed by atoms with E-state index in [9.17, 15) is 19.2 Å². The number of fused-ring (bicyclic) bond motifs is 2. The summed E-state index contributed by atoms with van der Waals surface area (Å²) in [5.41, 5.74) is 4.54. The molecule has 0 aromatic carbocycles. The number of hydrogen-bond donors (Lipinski definition) is 0. The van der Waals surface area contributed by atoms with Gasteiger partial charge >= 0.3 is 11.9 Å². The Kier molecular flexibility index (Phi) is 11.1. The summed E-state index contributed by atoms with van der Waals surface area (Å²) in [6.07, 6.45) is 6.16. The number of hydrogen-bond acceptors (Lipinski definition) is 10. The number of rotatable bonds is 8. The minimum absolute atomic E-state index is 0.000386. The third kappa shape index (κ3) is 7.23. The second-order valence-corrected chi connectivity index (χ2v) is 11.0. The summed E-state index contributed by atoms with van der Waals surface area (Å²) in [6.45, 7) is 10.4. The van der Waals surface area contributed by atoms with Gasteiger partial charge in [0.25, 0.3) is 0 Å². The van der Waals surface area contributed by atoms with Crippen LogP contribution in [0.15, 0.2) is 23.5 Å². The molecule has 43 heavy (non-hydrogen) atoms. The van der Waals surface area contributed by atoms with Gasteiger partial charge in [-0.25, -0.2) is 9.59 Å². The molecule has 0 spiro atoms. The van der Waals surface area contributed by atoms with Crippen molar-refractivity contribution < 1.29 is 28.7 Å². The van der Waals surface area contributed by atoms with Crippen LogP contribution in [-0.4, -0.2) is 94.3 Å². The Hall–Kier alpha value is -4.22. The lowest BCUT2D eigenvalue weighted by atomic mass is 9.90. The predicted molar refractivity (Wildman–Crippen MR) is 161 cm³/mol. The van der Waals surface area contributed by atoms with Crippen molar-refractivity contribution in [1.82, 2.24) is 29.4 Å². The number of ether oxygens (including phenoxy) is 2. The number of Topliss-reactive ketones (excluding diaryl/α,β-unsaturated/α-hetero) is 2. The molecule has 0 N–H and O–H groups in total. The summed E-state index contributed by atoms with van der Waals surface area (Å²) in [6, 6.07) is -0.000386. The number of aromatic nitrogens is 4. The van der Waals surface area contributed by atoms with E-state index in [1.54, 1.807) is 23.2 Å². The Morgan fingerprint density at radius 1 is 0.767 bits per heavy atom. The zero-order valence-corrected chi connectivity index (χ0v) is 26.8. The molecule has 234 valence electrons. The molecule has 0 unspecified atom stereocenters. The maximum absolute atomic E-state index is 12.8. The van der Waals surface area contributed by atoms with Crippen molar-refractivity contribution in [2.45, 2.75) is 72.9 Å². The molecule has 0 atom stereocenters. The first-order valence-electron chi connectivity index (χ1n) is 14.7. The molecule has 4 rings (SSSR count). The summed E-state index contributed by atoms with van der Waals surface area (Å²) in [5.74, 6) is -0.999. The van der Waals surface area contributed by atoms with Crippen LogP contribution < -0.4 is 0 Å². The van der Waals surface area contributed by atoms with Crippen molar-refractivity contribution in [1.29, 1.82) is 0 Å². The Morgan fingerprint density at radius 3 is 1.63 bits per heavy atom. The zero-order valence-electron chi connectivity index (χ0n) is 26.8. The van der Waals surface area contributed by atoms with Crippen LogP contribution in [0.5, 0.6) is 0 Å². The monoisotopic (exact) mass is 596 g/mol. The Labute approximate surface area is 253 Å². The van der Waals surface area contributed by atoms with Crippen LogP contribution in [0.1, 0.15) is 107 Å². The number of carbonyl (C=O) groups is 4. The fraction of sp³-hybridized carbons (Fsp3) is 0.548. The molecule has 2 aliphatic rings. The molecule has 0 aliphatic heterocycles. The summed E-state index contributed by atoms with van der Waals surface area (Å²) < 4.78 is 13.3. The molecule has 2 aromatic rings. The van der Waals surface area contributed by atoms with Crippen LogP contribution in [0.3, 0.4) is 0 Å². The Balaban J connectivity index is 0.000000236. The lowest BCUT2D eigenvalue weighted by Crippen LogP contribution is -2.21. The summed E-state index contributed by atoms with van der Waals surface area (Å²) in [7, 11) is 7.55. The van der Waals surface area contributed by atoms with E-state index >= 15 is 0 Å². The van der Waals surface area contributed by atoms with E-state index in [0.29, 0.717) is 62.4 Å². The third-order valence-electron chi connectivity index (χ3n) is 6.92. The highest BCUT2D eigenvalue weighted by Crippen LogP contribution is 2.31. The highest BCUT2D eigenvalue weighted by Gasteiger charge is 2.34. The minimum atomic E-state index is -0.453. The zero-order chi connectivity index (χ0) is 32.0. The molecule has 0 radical (unpaired) electrons. The predicted octanol–water partition coefficient (Wildman–Crippen LogP) is 3.87. The third-order valence-corrected chi connectivity index (χ3v) is 6.92. The molecule has 0 saturated heterocycles. The largest absolute Gasteiger partial charge is 0.461 e. The van der Waals surface area contributed by atoms with Gasteiger partial charge in [0.05, 0.1) is 13.2 Å². The summed E-state index contributed by atoms with van der Waals surface area (Å²) >= 11 is 0. The second-order valence-electron chi connectivity index (χ2n) is 11.0. The van der Waals surface area contributed by atoms with Gasteiger partial charge in [-0.2, -0.15) is 10.2 Å². The molecule has 2 aliphatic carbocycles. The average molecular weight is 597 g/mol. The highest BCUT2D eigenvalue weighted by atomic mass is 16.5. The number of aryl methyl sites for hydroxylation is 1. The van der Waals surface area contributed by atoms with Gasteiger partial charge in [-0.3, -0.25) is 19.0 Å². The second kappa shape index (κ2) is 14.3. The lowest BCUT2D eigenvalue weighted by molar-refractivity contribution is 0.0507. The first-order chi connectivity index (χ1) is 20.4. The molecule has 0 fully saturated rings. The summed E-state index contributed by atoms with van der Waals surface area (Å²) in [4.78, 5) is 53.2. The topological polar surface area (TPSA) is 129 Å². The molecule has 2 heterocycles. The van der Waals surface area contributed by atoms with Crippen molar-refractivity contribution in [3.63, 3.8) is 0 Å². The van der Waals surface area contributed by atoms with E-state index in [4.69, 9.17) is 9.47 Å². The van der Waals surface area contributed by atoms with Crippen molar-refractivity contribution in [3.05, 3.63) is 57.4 Å². The first-order valence-corrected chi connectivity index (χ1v) is 14.7. The molecule has 0 bridgehead atoms. The van der Waals surface area contributed by atoms with Gasteiger partial charge in [0.1, 0.15) is 11.4 Å². The van der Waals surface area contributed by atoms with Crippen LogP contribution in [0.25, 0.3) is 0 Å². The SMILES string of the molecule is CCOC(=O)c1nn(C(C)C)c2c1CCC(=CN(C)C)C2=O.CCOC(=O)c1nn(CC)c2c1CCC(=CN(C)C)C2=O. The van der Waals surface area contributed by atoms with Gasteiger partial charge in [-0.05, 0) is 60.3 Å². The fourth-order valence-corrected chi connectivity index (χ4v) is 5.19. The summed E-state index contributed by atoms with van der Waals surface area (Å²) in [5, 5.41) is 8.63. The van der Waals surface area contributed by atoms with Crippen LogP contribution in [0.4, 0.5) is 0 Å². The van der Waals surface area contributed by atoms with Crippen LogP contribution in [-0.2, 0) is 28.9 Å². The lowest BCUT2D eigenvalue weighted by Gasteiger charge is -2.19. The van der Waals surface area contributed by atoms with Crippen LogP contribution in [0.2, 0.25) is 0 Å². The molecular weight excluding hydrogens is 552 g/mol. The van der Waals surface area contributed by atoms with Crippen molar-refractivity contribution in [2.24, 2.45) is 0 Å². The molecule has 0 amide bonds. The van der Waals surface area contributed by atoms with Gasteiger partial charge in [0.15, 0.2) is 11.4 Å². The van der Waals surface area contributed by atoms with Crippen molar-refractivity contribution in [3.8, 4) is 0 Å². The van der Waals surface area contributed by atoms with E-state index in [1.165, 1.54) is 0 Å². The standard InChI is InChI=1S/C16H23N3O3.C15H21N3O3/c1-6-22-16(21)13-12-8-7-11(9-18(4)5)15(20)14(12)19(17-13)10(2)3;1-5-18-13-11(12(16-18)15(20)21-6-2)8-7-10(14(13)19)9-17(3)4/h9-10H,6-8H2,1-5H3;9H,5-8H2,1-4H3. The number of nitrogens with zero attached hydrogens (tertiary/aromatic N) is 6. The van der Waals surface area contributed by atoms with Gasteiger partial charge in [0, 0.05) is 75.5 Å². The maximum atomic E-state index is 12.8. The first kappa shape index (κ1) is 33.3. The fourth-order valence-electron chi connectivity index (χ4n) is 5.19. The molecular formula is C31H44N6O6. The van der Waals surface area contributed by atoms with Crippen molar-refractivity contribution in [2.75, 3.05) is 41.4 Å². The number of ketones is 2.